The molecule has 0 atom stereocenters. The number of benzene rings is 6. The van der Waals surface area contributed by atoms with Gasteiger partial charge in [-0.1, -0.05) is 158 Å². The van der Waals surface area contributed by atoms with Crippen LogP contribution in [0.4, 0.5) is 33.4 Å². The van der Waals surface area contributed by atoms with Crippen molar-refractivity contribution in [2.24, 2.45) is 0 Å². The van der Waals surface area contributed by atoms with E-state index in [1.54, 1.807) is 0 Å². The van der Waals surface area contributed by atoms with E-state index in [9.17, 15) is 5.26 Å². The average Bonchev–Trinajstić information content (AvgIpc) is 3.67. The highest BCUT2D eigenvalue weighted by molar-refractivity contribution is 7.26. The van der Waals surface area contributed by atoms with Crippen molar-refractivity contribution in [2.45, 2.75) is 162 Å². The van der Waals surface area contributed by atoms with Gasteiger partial charge in [-0.2, -0.15) is 5.26 Å². The molecule has 4 aliphatic rings. The monoisotopic (exact) mass is 924 g/mol. The Morgan fingerprint density at radius 2 is 1.06 bits per heavy atom. The van der Waals surface area contributed by atoms with Crippen molar-refractivity contribution in [1.29, 1.82) is 5.26 Å². The molecular weight excluding hydrogens is 854 g/mol. The molecule has 3 heterocycles. The fourth-order valence-corrected chi connectivity index (χ4v) is 13.9. The SMILES string of the molecule is Cc1cc(C(C)(C)C)ccc1N1c2cc(C#N)cc3c2B(c2cc4c(cc2N3c2cc3c(cc2-c2ccccc2)C(C)(C)CCC3(C)C)C(C)(C)CCC4(C)C)c2c1sc1ccc(C(C)(C)C)cc21. The summed E-state index contributed by atoms with van der Waals surface area (Å²) in [7, 11) is 0. The highest BCUT2D eigenvalue weighted by Crippen LogP contribution is 2.56. The third-order valence-electron chi connectivity index (χ3n) is 17.3. The first-order valence-corrected chi connectivity index (χ1v) is 26.4. The summed E-state index contributed by atoms with van der Waals surface area (Å²) < 4.78 is 1.30. The number of aryl methyl sites for hydroxylation is 1. The van der Waals surface area contributed by atoms with Crippen LogP contribution in [0.25, 0.3) is 21.2 Å². The number of rotatable bonds is 3. The smallest absolute Gasteiger partial charge is 0.254 e. The van der Waals surface area contributed by atoms with Gasteiger partial charge in [0.2, 0.25) is 0 Å². The summed E-state index contributed by atoms with van der Waals surface area (Å²) in [6, 6.07) is 43.0. The first-order chi connectivity index (χ1) is 32.3. The fraction of sp³-hybridized carbons (Fsp3) is 0.391. The van der Waals surface area contributed by atoms with E-state index in [1.165, 1.54) is 92.9 Å². The second-order valence-electron chi connectivity index (χ2n) is 26.0. The van der Waals surface area contributed by atoms with Gasteiger partial charge in [0, 0.05) is 33.0 Å². The van der Waals surface area contributed by atoms with E-state index in [4.69, 9.17) is 0 Å². The third-order valence-corrected chi connectivity index (χ3v) is 18.4. The summed E-state index contributed by atoms with van der Waals surface area (Å²) >= 11 is 1.91. The quantitative estimate of drug-likeness (QED) is 0.165. The zero-order valence-electron chi connectivity index (χ0n) is 44.0. The third kappa shape index (κ3) is 7.00. The lowest BCUT2D eigenvalue weighted by molar-refractivity contribution is 0.332. The molecule has 350 valence electrons. The molecule has 3 nitrogen and oxygen atoms in total. The van der Waals surface area contributed by atoms with Crippen molar-refractivity contribution >= 4 is 78.0 Å². The lowest BCUT2D eigenvalue weighted by Gasteiger charge is -2.48. The molecule has 2 aliphatic carbocycles. The minimum absolute atomic E-state index is 0.000670. The normalized spacial score (nSPS) is 18.2. The first-order valence-electron chi connectivity index (χ1n) is 25.6. The highest BCUT2D eigenvalue weighted by Gasteiger charge is 2.49. The lowest BCUT2D eigenvalue weighted by Crippen LogP contribution is -2.61. The van der Waals surface area contributed by atoms with E-state index < -0.39 is 0 Å². The Bertz CT molecular complexity index is 3340. The second kappa shape index (κ2) is 15.0. The molecule has 0 amide bonds. The summed E-state index contributed by atoms with van der Waals surface area (Å²) in [5.41, 5.74) is 22.6. The maximum atomic E-state index is 11.3. The van der Waals surface area contributed by atoms with Gasteiger partial charge in [-0.3, -0.25) is 0 Å². The Labute approximate surface area is 417 Å². The predicted molar refractivity (Wildman–Crippen MR) is 299 cm³/mol. The molecule has 5 heteroatoms. The molecule has 1 aromatic heterocycles. The first kappa shape index (κ1) is 45.9. The second-order valence-corrected chi connectivity index (χ2v) is 27.0. The number of nitrogens with zero attached hydrogens (tertiary/aromatic N) is 3. The zero-order valence-corrected chi connectivity index (χ0v) is 44.8. The average molecular weight is 924 g/mol. The van der Waals surface area contributed by atoms with Gasteiger partial charge in [0.05, 0.1) is 22.3 Å². The summed E-state index contributed by atoms with van der Waals surface area (Å²) in [5.74, 6) is 0. The number of hydrogen-bond donors (Lipinski definition) is 0. The molecular formula is C64H70BN3S. The van der Waals surface area contributed by atoms with Crippen LogP contribution in [-0.4, -0.2) is 6.71 Å². The molecule has 0 spiro atoms. The minimum Gasteiger partial charge on any atom is -0.311 e. The van der Waals surface area contributed by atoms with E-state index in [0.29, 0.717) is 5.56 Å². The van der Waals surface area contributed by atoms with E-state index in [0.717, 1.165) is 42.7 Å². The number of anilines is 6. The Hall–Kier alpha value is -5.57. The molecule has 6 aromatic carbocycles. The van der Waals surface area contributed by atoms with Crippen LogP contribution in [0.1, 0.15) is 167 Å². The molecule has 69 heavy (non-hydrogen) atoms. The van der Waals surface area contributed by atoms with Crippen molar-refractivity contribution in [3.8, 4) is 17.2 Å². The van der Waals surface area contributed by atoms with Crippen molar-refractivity contribution in [1.82, 2.24) is 0 Å². The summed E-state index contributed by atoms with van der Waals surface area (Å²) in [6.45, 7) is 35.8. The number of hydrogen-bond acceptors (Lipinski definition) is 4. The lowest BCUT2D eigenvalue weighted by atomic mass is 9.33. The van der Waals surface area contributed by atoms with Gasteiger partial charge in [0.25, 0.3) is 6.71 Å². The van der Waals surface area contributed by atoms with E-state index in [2.05, 4.69) is 223 Å². The standard InChI is InChI=1S/C64H70BN3S/c1-38-29-41(59(2,3)4)21-23-50(38)68-54-31-39(37-66)30-53-57(54)65(56-44-32-42(60(5,6)7)22-24-55(44)69-58(56)68)49-34-46-48(64(14,15)28-26-62(46,10)11)36-52(49)67(53)51-35-47-45(61(8,9)25-27-63(47,12)13)33-43(51)40-19-17-16-18-20-40/h16-24,29-36H,25-28H2,1-15H3. The Kier molecular flexibility index (Phi) is 9.95. The number of nitriles is 1. The van der Waals surface area contributed by atoms with Crippen molar-refractivity contribution in [3.63, 3.8) is 0 Å². The van der Waals surface area contributed by atoms with Gasteiger partial charge in [-0.25, -0.2) is 0 Å². The number of fused-ring (bicyclic) bond motifs is 8. The number of thiophene rings is 1. The molecule has 11 rings (SSSR count). The van der Waals surface area contributed by atoms with Crippen molar-refractivity contribution in [2.75, 3.05) is 9.80 Å². The van der Waals surface area contributed by atoms with Crippen LogP contribution in [-0.2, 0) is 32.5 Å². The molecule has 0 bridgehead atoms. The van der Waals surface area contributed by atoms with E-state index in [-0.39, 0.29) is 39.2 Å². The van der Waals surface area contributed by atoms with Gasteiger partial charge in [0.1, 0.15) is 0 Å². The topological polar surface area (TPSA) is 30.3 Å². The van der Waals surface area contributed by atoms with Crippen LogP contribution >= 0.6 is 11.3 Å². The van der Waals surface area contributed by atoms with Gasteiger partial charge in [-0.15, -0.1) is 11.3 Å². The van der Waals surface area contributed by atoms with E-state index in [1.807, 2.05) is 11.3 Å². The molecule has 0 N–H and O–H groups in total. The van der Waals surface area contributed by atoms with Crippen molar-refractivity contribution in [3.05, 3.63) is 148 Å². The summed E-state index contributed by atoms with van der Waals surface area (Å²) in [4.78, 5) is 5.19. The van der Waals surface area contributed by atoms with Gasteiger partial charge < -0.3 is 9.80 Å². The van der Waals surface area contributed by atoms with Crippen molar-refractivity contribution < 1.29 is 0 Å². The Balaban J connectivity index is 1.33. The van der Waals surface area contributed by atoms with Gasteiger partial charge in [0.15, 0.2) is 0 Å². The summed E-state index contributed by atoms with van der Waals surface area (Å²) in [6.07, 6.45) is 4.53. The maximum Gasteiger partial charge on any atom is 0.254 e. The molecule has 7 aromatic rings. The summed E-state index contributed by atoms with van der Waals surface area (Å²) in [5, 5.41) is 13.9. The molecule has 0 saturated heterocycles. The Morgan fingerprint density at radius 3 is 1.62 bits per heavy atom. The van der Waals surface area contributed by atoms with Gasteiger partial charge in [-0.05, 0) is 174 Å². The largest absolute Gasteiger partial charge is 0.311 e. The van der Waals surface area contributed by atoms with Crippen LogP contribution in [0.2, 0.25) is 0 Å². The molecule has 0 saturated carbocycles. The molecule has 0 unspecified atom stereocenters. The Morgan fingerprint density at radius 1 is 0.536 bits per heavy atom. The highest BCUT2D eigenvalue weighted by atomic mass is 32.1. The fourth-order valence-electron chi connectivity index (χ4n) is 12.6. The van der Waals surface area contributed by atoms with Crippen LogP contribution < -0.4 is 26.2 Å². The van der Waals surface area contributed by atoms with Gasteiger partial charge >= 0.3 is 0 Å². The molecule has 0 fully saturated rings. The predicted octanol–water partition coefficient (Wildman–Crippen LogP) is 16.1. The maximum absolute atomic E-state index is 11.3. The van der Waals surface area contributed by atoms with Crippen LogP contribution in [0.5, 0.6) is 0 Å². The minimum atomic E-state index is -0.0716. The van der Waals surface area contributed by atoms with Crippen LogP contribution in [0.15, 0.2) is 103 Å². The molecule has 2 aliphatic heterocycles. The van der Waals surface area contributed by atoms with Crippen LogP contribution in [0.3, 0.4) is 0 Å². The van der Waals surface area contributed by atoms with E-state index >= 15 is 0 Å². The van der Waals surface area contributed by atoms with Crippen LogP contribution in [0, 0.1) is 18.3 Å². The molecule has 0 radical (unpaired) electrons. The zero-order chi connectivity index (χ0) is 49.1.